The van der Waals surface area contributed by atoms with Crippen molar-refractivity contribution >= 4 is 0 Å². The van der Waals surface area contributed by atoms with Gasteiger partial charge in [-0.15, -0.1) is 0 Å². The zero-order chi connectivity index (χ0) is 14.9. The number of halogens is 4. The Morgan fingerprint density at radius 2 is 1.70 bits per heavy atom. The molecular weight excluding hydrogens is 274 g/mol. The highest BCUT2D eigenvalue weighted by atomic mass is 19.2. The molecule has 0 radical (unpaired) electrons. The molecule has 1 unspecified atom stereocenters. The van der Waals surface area contributed by atoms with Crippen LogP contribution in [-0.2, 0) is 6.42 Å². The van der Waals surface area contributed by atoms with Gasteiger partial charge in [0.1, 0.15) is 11.5 Å². The number of rotatable bonds is 4. The minimum absolute atomic E-state index is 0.0907. The van der Waals surface area contributed by atoms with Crippen molar-refractivity contribution in [2.24, 2.45) is 0 Å². The van der Waals surface area contributed by atoms with Crippen LogP contribution >= 0.6 is 0 Å². The lowest BCUT2D eigenvalue weighted by Gasteiger charge is -2.07. The number of furan rings is 1. The molecule has 0 aliphatic carbocycles. The van der Waals surface area contributed by atoms with E-state index in [1.165, 1.54) is 12.1 Å². The van der Waals surface area contributed by atoms with Gasteiger partial charge in [-0.3, -0.25) is 0 Å². The first-order valence-corrected chi connectivity index (χ1v) is 6.03. The third-order valence-corrected chi connectivity index (χ3v) is 3.02. The topological polar surface area (TPSA) is 25.2 Å². The molecule has 0 aliphatic heterocycles. The van der Waals surface area contributed by atoms with Crippen LogP contribution in [0.2, 0.25) is 0 Å². The smallest absolute Gasteiger partial charge is 0.172 e. The monoisotopic (exact) mass is 287 g/mol. The van der Waals surface area contributed by atoms with Crippen molar-refractivity contribution < 1.29 is 22.0 Å². The molecule has 1 aromatic carbocycles. The molecule has 0 saturated carbocycles. The summed E-state index contributed by atoms with van der Waals surface area (Å²) in [5, 5.41) is 2.98. The van der Waals surface area contributed by atoms with Crippen molar-refractivity contribution in [1.82, 2.24) is 5.32 Å². The van der Waals surface area contributed by atoms with Gasteiger partial charge in [-0.2, -0.15) is 0 Å². The van der Waals surface area contributed by atoms with Crippen LogP contribution in [0.5, 0.6) is 0 Å². The molecule has 1 N–H and O–H groups in total. The van der Waals surface area contributed by atoms with Crippen LogP contribution in [0.25, 0.3) is 11.3 Å². The zero-order valence-electron chi connectivity index (χ0n) is 10.9. The number of benzene rings is 1. The third-order valence-electron chi connectivity index (χ3n) is 3.02. The molecule has 6 heteroatoms. The van der Waals surface area contributed by atoms with Crippen molar-refractivity contribution in [3.05, 3.63) is 47.2 Å². The first kappa shape index (κ1) is 14.6. The molecule has 0 amide bonds. The summed E-state index contributed by atoms with van der Waals surface area (Å²) in [6.45, 7) is 1.89. The Labute approximate surface area is 113 Å². The van der Waals surface area contributed by atoms with Crippen molar-refractivity contribution in [3.63, 3.8) is 0 Å². The van der Waals surface area contributed by atoms with E-state index in [4.69, 9.17) is 4.42 Å². The number of hydrogen-bond acceptors (Lipinski definition) is 2. The standard InChI is InChI=1S/C14H13F4NO/c1-7(19-2)5-8-3-4-11(20-8)12-13(17)9(15)6-10(16)14(12)18/h3-4,6-7,19H,5H2,1-2H3. The molecule has 1 atom stereocenters. The molecule has 2 aromatic rings. The number of nitrogens with one attached hydrogen (secondary N) is 1. The van der Waals surface area contributed by atoms with Gasteiger partial charge in [0.15, 0.2) is 23.3 Å². The maximum absolute atomic E-state index is 13.6. The fourth-order valence-corrected chi connectivity index (χ4v) is 1.82. The molecule has 2 nitrogen and oxygen atoms in total. The first-order valence-electron chi connectivity index (χ1n) is 6.03. The van der Waals surface area contributed by atoms with E-state index < -0.39 is 28.8 Å². The summed E-state index contributed by atoms with van der Waals surface area (Å²) >= 11 is 0. The molecule has 1 heterocycles. The van der Waals surface area contributed by atoms with Gasteiger partial charge < -0.3 is 9.73 Å². The van der Waals surface area contributed by atoms with Crippen LogP contribution in [0.1, 0.15) is 12.7 Å². The second-order valence-corrected chi connectivity index (χ2v) is 4.50. The van der Waals surface area contributed by atoms with E-state index in [1.54, 1.807) is 7.05 Å². The van der Waals surface area contributed by atoms with Crippen molar-refractivity contribution in [3.8, 4) is 11.3 Å². The Balaban J connectivity index is 2.42. The minimum Gasteiger partial charge on any atom is -0.461 e. The molecule has 0 aliphatic rings. The fourth-order valence-electron chi connectivity index (χ4n) is 1.82. The lowest BCUT2D eigenvalue weighted by Crippen LogP contribution is -2.23. The van der Waals surface area contributed by atoms with E-state index >= 15 is 0 Å². The zero-order valence-corrected chi connectivity index (χ0v) is 10.9. The van der Waals surface area contributed by atoms with Crippen LogP contribution < -0.4 is 5.32 Å². The summed E-state index contributed by atoms with van der Waals surface area (Å²) in [5.41, 5.74) is -0.828. The van der Waals surface area contributed by atoms with Crippen LogP contribution in [0.4, 0.5) is 17.6 Å². The van der Waals surface area contributed by atoms with Gasteiger partial charge in [0.05, 0.1) is 5.56 Å². The molecule has 0 saturated heterocycles. The maximum atomic E-state index is 13.6. The highest BCUT2D eigenvalue weighted by molar-refractivity contribution is 5.59. The Hall–Kier alpha value is -1.82. The van der Waals surface area contributed by atoms with E-state index in [0.717, 1.165) is 0 Å². The molecule has 0 spiro atoms. The second-order valence-electron chi connectivity index (χ2n) is 4.50. The van der Waals surface area contributed by atoms with E-state index in [9.17, 15) is 17.6 Å². The lowest BCUT2D eigenvalue weighted by atomic mass is 10.1. The van der Waals surface area contributed by atoms with Crippen LogP contribution in [0.15, 0.2) is 22.6 Å². The van der Waals surface area contributed by atoms with Gasteiger partial charge in [0.2, 0.25) is 0 Å². The Bertz CT molecular complexity index is 598. The van der Waals surface area contributed by atoms with E-state index in [2.05, 4.69) is 5.32 Å². The highest BCUT2D eigenvalue weighted by Crippen LogP contribution is 2.31. The van der Waals surface area contributed by atoms with Gasteiger partial charge in [0.25, 0.3) is 0 Å². The minimum atomic E-state index is -1.47. The molecular formula is C14H13F4NO. The number of hydrogen-bond donors (Lipinski definition) is 1. The SMILES string of the molecule is CNC(C)Cc1ccc(-c2c(F)c(F)cc(F)c2F)o1. The molecule has 108 valence electrons. The Kier molecular flexibility index (Phi) is 4.13. The molecule has 1 aromatic heterocycles. The molecule has 0 bridgehead atoms. The van der Waals surface area contributed by atoms with Crippen molar-refractivity contribution in [2.45, 2.75) is 19.4 Å². The average Bonchev–Trinajstić information content (AvgIpc) is 2.85. The summed E-state index contributed by atoms with van der Waals surface area (Å²) in [5.74, 6) is -5.62. The molecule has 0 fully saturated rings. The van der Waals surface area contributed by atoms with Gasteiger partial charge in [-0.1, -0.05) is 0 Å². The van der Waals surface area contributed by atoms with Gasteiger partial charge in [0, 0.05) is 18.5 Å². The van der Waals surface area contributed by atoms with Crippen molar-refractivity contribution in [2.75, 3.05) is 7.05 Å². The molecule has 20 heavy (non-hydrogen) atoms. The summed E-state index contributed by atoms with van der Waals surface area (Å²) in [4.78, 5) is 0. The normalized spacial score (nSPS) is 12.7. The Morgan fingerprint density at radius 1 is 1.10 bits per heavy atom. The quantitative estimate of drug-likeness (QED) is 0.686. The van der Waals surface area contributed by atoms with Crippen molar-refractivity contribution in [1.29, 1.82) is 0 Å². The molecule has 2 rings (SSSR count). The van der Waals surface area contributed by atoms with Gasteiger partial charge in [-0.25, -0.2) is 17.6 Å². The lowest BCUT2D eigenvalue weighted by molar-refractivity contribution is 0.443. The summed E-state index contributed by atoms with van der Waals surface area (Å²) < 4.78 is 58.8. The van der Waals surface area contributed by atoms with Gasteiger partial charge >= 0.3 is 0 Å². The fraction of sp³-hybridized carbons (Fsp3) is 0.286. The van der Waals surface area contributed by atoms with Crippen LogP contribution in [0, 0.1) is 23.3 Å². The maximum Gasteiger partial charge on any atom is 0.172 e. The van der Waals surface area contributed by atoms with E-state index in [0.29, 0.717) is 12.2 Å². The predicted molar refractivity (Wildman–Crippen MR) is 66.2 cm³/mol. The van der Waals surface area contributed by atoms with Crippen LogP contribution in [0.3, 0.4) is 0 Å². The van der Waals surface area contributed by atoms with E-state index in [-0.39, 0.29) is 17.9 Å². The highest BCUT2D eigenvalue weighted by Gasteiger charge is 2.23. The summed E-state index contributed by atoms with van der Waals surface area (Å²) in [6, 6.07) is 3.07. The summed E-state index contributed by atoms with van der Waals surface area (Å²) in [7, 11) is 1.76. The third kappa shape index (κ3) is 2.70. The van der Waals surface area contributed by atoms with Crippen LogP contribution in [-0.4, -0.2) is 13.1 Å². The van der Waals surface area contributed by atoms with E-state index in [1.807, 2.05) is 6.92 Å². The summed E-state index contributed by atoms with van der Waals surface area (Å²) in [6.07, 6.45) is 0.484. The van der Waals surface area contributed by atoms with Gasteiger partial charge in [-0.05, 0) is 26.1 Å². The largest absolute Gasteiger partial charge is 0.461 e. The second kappa shape index (κ2) is 5.66. The average molecular weight is 287 g/mol. The predicted octanol–water partition coefficient (Wildman–Crippen LogP) is 3.65. The Morgan fingerprint density at radius 3 is 2.25 bits per heavy atom. The first-order chi connectivity index (χ1) is 9.43. The number of likely N-dealkylation sites (N-methyl/N-ethyl adjacent to an activating group) is 1.